The molecule has 0 aromatic carbocycles. The summed E-state index contributed by atoms with van der Waals surface area (Å²) in [5.74, 6) is 4.80. The summed E-state index contributed by atoms with van der Waals surface area (Å²) < 4.78 is 5.12. The van der Waals surface area contributed by atoms with Crippen molar-refractivity contribution in [2.45, 2.75) is 39.0 Å². The fourth-order valence-electron chi connectivity index (χ4n) is 3.66. The molecule has 2 nitrogen and oxygen atoms in total. The molecule has 0 spiro atoms. The molecule has 2 rings (SSSR count). The van der Waals surface area contributed by atoms with Crippen LogP contribution in [-0.2, 0) is 4.74 Å². The van der Waals surface area contributed by atoms with Gasteiger partial charge in [-0.15, -0.1) is 0 Å². The van der Waals surface area contributed by atoms with Gasteiger partial charge >= 0.3 is 0 Å². The van der Waals surface area contributed by atoms with E-state index in [0.29, 0.717) is 5.41 Å². The molecule has 0 amide bonds. The zero-order chi connectivity index (χ0) is 12.8. The number of ether oxygens (including phenoxy) is 1. The Labute approximate surface area is 117 Å². The molecule has 0 heterocycles. The third kappa shape index (κ3) is 4.14. The molecule has 2 fully saturated rings. The van der Waals surface area contributed by atoms with E-state index >= 15 is 0 Å². The van der Waals surface area contributed by atoms with Crippen molar-refractivity contribution in [3.05, 3.63) is 0 Å². The van der Waals surface area contributed by atoms with Crippen molar-refractivity contribution in [1.82, 2.24) is 5.32 Å². The van der Waals surface area contributed by atoms with Gasteiger partial charge in [-0.2, -0.15) is 11.8 Å². The highest BCUT2D eigenvalue weighted by atomic mass is 32.2. The van der Waals surface area contributed by atoms with Gasteiger partial charge in [-0.05, 0) is 60.9 Å². The van der Waals surface area contributed by atoms with Crippen molar-refractivity contribution in [3.8, 4) is 0 Å². The summed E-state index contributed by atoms with van der Waals surface area (Å²) >= 11 is 2.09. The van der Waals surface area contributed by atoms with Gasteiger partial charge in [-0.1, -0.05) is 6.92 Å². The minimum atomic E-state index is 0.635. The zero-order valence-electron chi connectivity index (χ0n) is 12.0. The smallest absolute Gasteiger partial charge is 0.0587 e. The van der Waals surface area contributed by atoms with E-state index in [1.165, 1.54) is 50.2 Å². The second kappa shape index (κ2) is 7.16. The Morgan fingerprint density at radius 3 is 2.78 bits per heavy atom. The highest BCUT2D eigenvalue weighted by Crippen LogP contribution is 2.61. The summed E-state index contributed by atoms with van der Waals surface area (Å²) in [7, 11) is 1.78. The molecule has 106 valence electrons. The van der Waals surface area contributed by atoms with Gasteiger partial charge in [0.2, 0.25) is 0 Å². The standard InChI is InChI=1S/C15H29NOS/c1-3-18-8-4-5-15(12-16-6-7-17-2)10-13-9-14(13)11-15/h13-14,16H,3-12H2,1-2H3. The molecule has 0 aromatic heterocycles. The molecule has 2 unspecified atom stereocenters. The van der Waals surface area contributed by atoms with E-state index in [9.17, 15) is 0 Å². The third-order valence-corrected chi connectivity index (χ3v) is 5.63. The number of methoxy groups -OCH3 is 1. The number of thioether (sulfide) groups is 1. The summed E-state index contributed by atoms with van der Waals surface area (Å²) in [5, 5.41) is 3.62. The first-order valence-electron chi connectivity index (χ1n) is 7.57. The van der Waals surface area contributed by atoms with E-state index in [2.05, 4.69) is 24.0 Å². The van der Waals surface area contributed by atoms with E-state index in [4.69, 9.17) is 4.74 Å². The van der Waals surface area contributed by atoms with Crippen LogP contribution in [0.1, 0.15) is 39.0 Å². The van der Waals surface area contributed by atoms with E-state index in [1.807, 2.05) is 0 Å². The maximum Gasteiger partial charge on any atom is 0.0587 e. The minimum absolute atomic E-state index is 0.635. The number of fused-ring (bicyclic) bond motifs is 1. The van der Waals surface area contributed by atoms with Gasteiger partial charge in [0, 0.05) is 20.2 Å². The largest absolute Gasteiger partial charge is 0.383 e. The second-order valence-electron chi connectivity index (χ2n) is 6.13. The van der Waals surface area contributed by atoms with Crippen molar-refractivity contribution in [1.29, 1.82) is 0 Å². The first-order chi connectivity index (χ1) is 8.79. The average Bonchev–Trinajstić information content (AvgIpc) is 2.99. The van der Waals surface area contributed by atoms with Crippen LogP contribution in [0.15, 0.2) is 0 Å². The quantitative estimate of drug-likeness (QED) is 0.617. The van der Waals surface area contributed by atoms with Crippen LogP contribution in [0, 0.1) is 17.3 Å². The van der Waals surface area contributed by atoms with Crippen LogP contribution < -0.4 is 5.32 Å². The molecule has 0 aliphatic heterocycles. The zero-order valence-corrected chi connectivity index (χ0v) is 12.9. The number of nitrogens with one attached hydrogen (secondary N) is 1. The Balaban J connectivity index is 1.69. The predicted octanol–water partition coefficient (Wildman–Crippen LogP) is 3.17. The molecular weight excluding hydrogens is 242 g/mol. The second-order valence-corrected chi connectivity index (χ2v) is 7.53. The molecule has 2 atom stereocenters. The van der Waals surface area contributed by atoms with Crippen LogP contribution in [-0.4, -0.2) is 38.3 Å². The van der Waals surface area contributed by atoms with Crippen LogP contribution in [0.3, 0.4) is 0 Å². The average molecular weight is 271 g/mol. The number of rotatable bonds is 10. The Kier molecular flexibility index (Phi) is 5.84. The van der Waals surface area contributed by atoms with Gasteiger partial charge < -0.3 is 10.1 Å². The van der Waals surface area contributed by atoms with Gasteiger partial charge in [0.1, 0.15) is 0 Å². The molecule has 0 saturated heterocycles. The molecule has 2 aliphatic carbocycles. The van der Waals surface area contributed by atoms with Gasteiger partial charge in [0.25, 0.3) is 0 Å². The van der Waals surface area contributed by atoms with E-state index in [-0.39, 0.29) is 0 Å². The molecule has 0 bridgehead atoms. The molecular formula is C15H29NOS. The van der Waals surface area contributed by atoms with Crippen LogP contribution >= 0.6 is 11.8 Å². The molecule has 0 aromatic rings. The first-order valence-corrected chi connectivity index (χ1v) is 8.72. The fourth-order valence-corrected chi connectivity index (χ4v) is 4.30. The van der Waals surface area contributed by atoms with Crippen LogP contribution in [0.5, 0.6) is 0 Å². The van der Waals surface area contributed by atoms with Crippen molar-refractivity contribution >= 4 is 11.8 Å². The lowest BCUT2D eigenvalue weighted by atomic mass is 9.79. The van der Waals surface area contributed by atoms with E-state index < -0.39 is 0 Å². The number of hydrogen-bond acceptors (Lipinski definition) is 3. The van der Waals surface area contributed by atoms with Crippen molar-refractivity contribution in [3.63, 3.8) is 0 Å². The summed E-state index contributed by atoms with van der Waals surface area (Å²) in [6.07, 6.45) is 7.36. The van der Waals surface area contributed by atoms with Crippen LogP contribution in [0.4, 0.5) is 0 Å². The lowest BCUT2D eigenvalue weighted by Gasteiger charge is -2.31. The molecule has 0 radical (unpaired) electrons. The van der Waals surface area contributed by atoms with Crippen LogP contribution in [0.25, 0.3) is 0 Å². The Hall–Kier alpha value is 0.270. The molecule has 18 heavy (non-hydrogen) atoms. The Morgan fingerprint density at radius 1 is 1.33 bits per heavy atom. The summed E-state index contributed by atoms with van der Waals surface area (Å²) in [4.78, 5) is 0. The number of hydrogen-bond donors (Lipinski definition) is 1. The molecule has 2 aliphatic rings. The summed E-state index contributed by atoms with van der Waals surface area (Å²) in [6, 6.07) is 0. The minimum Gasteiger partial charge on any atom is -0.383 e. The van der Waals surface area contributed by atoms with E-state index in [1.54, 1.807) is 7.11 Å². The van der Waals surface area contributed by atoms with Crippen molar-refractivity contribution < 1.29 is 4.74 Å². The van der Waals surface area contributed by atoms with Gasteiger partial charge in [-0.25, -0.2) is 0 Å². The predicted molar refractivity (Wildman–Crippen MR) is 80.2 cm³/mol. The lowest BCUT2D eigenvalue weighted by molar-refractivity contribution is 0.182. The first kappa shape index (κ1) is 14.7. The highest BCUT2D eigenvalue weighted by Gasteiger charge is 2.52. The monoisotopic (exact) mass is 271 g/mol. The van der Waals surface area contributed by atoms with Crippen molar-refractivity contribution in [2.75, 3.05) is 38.3 Å². The lowest BCUT2D eigenvalue weighted by Crippen LogP contribution is -2.35. The Morgan fingerprint density at radius 2 is 2.11 bits per heavy atom. The Bertz CT molecular complexity index is 223. The van der Waals surface area contributed by atoms with Gasteiger partial charge in [0.05, 0.1) is 6.61 Å². The topological polar surface area (TPSA) is 21.3 Å². The molecule has 2 saturated carbocycles. The van der Waals surface area contributed by atoms with Crippen LogP contribution in [0.2, 0.25) is 0 Å². The van der Waals surface area contributed by atoms with Gasteiger partial charge in [-0.3, -0.25) is 0 Å². The van der Waals surface area contributed by atoms with Crippen molar-refractivity contribution in [2.24, 2.45) is 17.3 Å². The normalized spacial score (nSPS) is 33.7. The molecule has 1 N–H and O–H groups in total. The SMILES string of the molecule is CCSCCCC1(CNCCOC)CC2CC2C1. The maximum absolute atomic E-state index is 5.12. The molecule has 3 heteroatoms. The van der Waals surface area contributed by atoms with Gasteiger partial charge in [0.15, 0.2) is 0 Å². The summed E-state index contributed by atoms with van der Waals surface area (Å²) in [5.41, 5.74) is 0.635. The maximum atomic E-state index is 5.12. The third-order valence-electron chi connectivity index (χ3n) is 4.64. The highest BCUT2D eigenvalue weighted by molar-refractivity contribution is 7.99. The fraction of sp³-hybridized carbons (Fsp3) is 1.00. The summed E-state index contributed by atoms with van der Waals surface area (Å²) in [6.45, 7) is 5.34. The van der Waals surface area contributed by atoms with E-state index in [0.717, 1.165) is 25.0 Å².